The molecule has 4 rings (SSSR count). The Balaban J connectivity index is 1.57. The molecule has 2 aliphatic rings. The molecule has 2 saturated heterocycles. The van der Waals surface area contributed by atoms with Crippen LogP contribution in [0.2, 0.25) is 0 Å². The normalized spacial score (nSPS) is 25.8. The maximum Gasteiger partial charge on any atom is 0.405 e. The quantitative estimate of drug-likeness (QED) is 0.832. The van der Waals surface area contributed by atoms with Crippen LogP contribution in [0, 0.1) is 5.92 Å². The highest BCUT2D eigenvalue weighted by Crippen LogP contribution is 2.30. The fourth-order valence-electron chi connectivity index (χ4n) is 4.21. The summed E-state index contributed by atoms with van der Waals surface area (Å²) in [6.45, 7) is 4.30. The van der Waals surface area contributed by atoms with Crippen LogP contribution in [-0.4, -0.2) is 68.7 Å². The largest absolute Gasteiger partial charge is 0.465 e. The molecule has 142 valence electrons. The maximum absolute atomic E-state index is 12.7. The molecule has 27 heavy (non-hydrogen) atoms. The van der Waals surface area contributed by atoms with E-state index in [9.17, 15) is 9.59 Å². The summed E-state index contributed by atoms with van der Waals surface area (Å²) in [4.78, 5) is 40.6. The summed E-state index contributed by atoms with van der Waals surface area (Å²) >= 11 is 0. The lowest BCUT2D eigenvalue weighted by Gasteiger charge is -2.41. The van der Waals surface area contributed by atoms with Crippen molar-refractivity contribution in [2.45, 2.75) is 31.8 Å². The van der Waals surface area contributed by atoms with Crippen LogP contribution < -0.4 is 10.2 Å². The van der Waals surface area contributed by atoms with Gasteiger partial charge in [-0.15, -0.1) is 0 Å². The second-order valence-electron chi connectivity index (χ2n) is 7.28. The van der Waals surface area contributed by atoms with Crippen molar-refractivity contribution in [2.24, 2.45) is 5.92 Å². The molecule has 9 heteroatoms. The number of fused-ring (bicyclic) bond motifs is 1. The summed E-state index contributed by atoms with van der Waals surface area (Å²) in [5, 5.41) is 11.2. The van der Waals surface area contributed by atoms with Gasteiger partial charge in [0.1, 0.15) is 11.6 Å². The summed E-state index contributed by atoms with van der Waals surface area (Å²) in [5.74, 6) is 0.263. The number of carbonyl (C=O) groups is 2. The minimum absolute atomic E-state index is 0.0433. The second kappa shape index (κ2) is 6.98. The van der Waals surface area contributed by atoms with Gasteiger partial charge in [-0.25, -0.2) is 19.7 Å². The number of piperidine rings is 1. The first-order valence-electron chi connectivity index (χ1n) is 9.13. The fraction of sp³-hybridized carbons (Fsp3) is 0.500. The number of aromatic nitrogens is 3. The molecule has 0 unspecified atom stereocenters. The molecular weight excluding hydrogens is 348 g/mol. The Morgan fingerprint density at radius 3 is 2.81 bits per heavy atom. The van der Waals surface area contributed by atoms with Gasteiger partial charge in [-0.1, -0.05) is 6.92 Å². The van der Waals surface area contributed by atoms with Crippen LogP contribution in [-0.2, 0) is 4.79 Å². The van der Waals surface area contributed by atoms with Crippen LogP contribution >= 0.6 is 0 Å². The highest BCUT2D eigenvalue weighted by atomic mass is 16.4. The molecular formula is C18H22N6O3. The SMILES string of the molecule is C[C@H]1C[C@@H](N2CC[C@@H](NC(=O)O)C2=O)CN(c2ccnc3nccnc23)C1. The number of rotatable bonds is 3. The average molecular weight is 370 g/mol. The number of nitrogens with one attached hydrogen (secondary N) is 1. The van der Waals surface area contributed by atoms with Crippen LogP contribution in [0.15, 0.2) is 24.7 Å². The summed E-state index contributed by atoms with van der Waals surface area (Å²) in [6, 6.07) is 1.34. The number of hydrogen-bond acceptors (Lipinski definition) is 6. The zero-order chi connectivity index (χ0) is 19.0. The van der Waals surface area contributed by atoms with Gasteiger partial charge in [0, 0.05) is 44.3 Å². The fourth-order valence-corrected chi connectivity index (χ4v) is 4.21. The third kappa shape index (κ3) is 3.36. The van der Waals surface area contributed by atoms with Crippen LogP contribution in [0.4, 0.5) is 10.5 Å². The first kappa shape index (κ1) is 17.4. The van der Waals surface area contributed by atoms with Crippen LogP contribution in [0.25, 0.3) is 11.2 Å². The first-order chi connectivity index (χ1) is 13.0. The zero-order valence-electron chi connectivity index (χ0n) is 15.1. The van der Waals surface area contributed by atoms with Crippen molar-refractivity contribution >= 4 is 28.9 Å². The third-order valence-electron chi connectivity index (χ3n) is 5.31. The molecule has 2 aliphatic heterocycles. The molecule has 0 aromatic carbocycles. The number of anilines is 1. The standard InChI is InChI=1S/C18H22N6O3/c1-11-8-12(24-7-3-13(17(24)25)22-18(26)27)10-23(9-11)14-2-4-20-16-15(14)19-5-6-21-16/h2,4-6,11-13,22H,3,7-10H2,1H3,(H,26,27)/t11-,12+,13+/m0/s1. The van der Waals surface area contributed by atoms with Crippen molar-refractivity contribution in [3.63, 3.8) is 0 Å². The Hall–Kier alpha value is -2.97. The van der Waals surface area contributed by atoms with Gasteiger partial charge in [0.15, 0.2) is 5.65 Å². The lowest BCUT2D eigenvalue weighted by molar-refractivity contribution is -0.131. The van der Waals surface area contributed by atoms with E-state index in [1.54, 1.807) is 18.6 Å². The van der Waals surface area contributed by atoms with E-state index in [-0.39, 0.29) is 11.9 Å². The van der Waals surface area contributed by atoms with Crippen molar-refractivity contribution in [1.82, 2.24) is 25.2 Å². The van der Waals surface area contributed by atoms with Crippen molar-refractivity contribution in [3.05, 3.63) is 24.7 Å². The van der Waals surface area contributed by atoms with E-state index in [0.29, 0.717) is 31.1 Å². The number of amides is 2. The van der Waals surface area contributed by atoms with Gasteiger partial charge in [0.25, 0.3) is 0 Å². The zero-order valence-corrected chi connectivity index (χ0v) is 15.1. The molecule has 4 heterocycles. The molecule has 0 saturated carbocycles. The van der Waals surface area contributed by atoms with Crippen molar-refractivity contribution in [1.29, 1.82) is 0 Å². The van der Waals surface area contributed by atoms with Crippen LogP contribution in [0.3, 0.4) is 0 Å². The van der Waals surface area contributed by atoms with Gasteiger partial charge in [0.2, 0.25) is 5.91 Å². The van der Waals surface area contributed by atoms with Gasteiger partial charge < -0.3 is 20.2 Å². The van der Waals surface area contributed by atoms with Gasteiger partial charge in [0.05, 0.1) is 5.69 Å². The third-order valence-corrected chi connectivity index (χ3v) is 5.31. The number of nitrogens with zero attached hydrogens (tertiary/aromatic N) is 5. The van der Waals surface area contributed by atoms with Crippen molar-refractivity contribution < 1.29 is 14.7 Å². The average Bonchev–Trinajstić information content (AvgIpc) is 3.00. The van der Waals surface area contributed by atoms with Crippen LogP contribution in [0.5, 0.6) is 0 Å². The highest BCUT2D eigenvalue weighted by molar-refractivity contribution is 5.88. The lowest BCUT2D eigenvalue weighted by atomic mass is 9.94. The molecule has 0 aliphatic carbocycles. The topological polar surface area (TPSA) is 112 Å². The Morgan fingerprint density at radius 1 is 1.22 bits per heavy atom. The van der Waals surface area contributed by atoms with E-state index in [1.165, 1.54) is 0 Å². The summed E-state index contributed by atoms with van der Waals surface area (Å²) in [5.41, 5.74) is 2.33. The molecule has 0 radical (unpaired) electrons. The smallest absolute Gasteiger partial charge is 0.405 e. The number of carbonyl (C=O) groups excluding carboxylic acids is 1. The molecule has 2 aromatic rings. The van der Waals surface area contributed by atoms with Crippen molar-refractivity contribution in [2.75, 3.05) is 24.5 Å². The van der Waals surface area contributed by atoms with Gasteiger partial charge in [-0.3, -0.25) is 4.79 Å². The Kier molecular flexibility index (Phi) is 4.51. The highest BCUT2D eigenvalue weighted by Gasteiger charge is 2.39. The Bertz CT molecular complexity index is 870. The predicted molar refractivity (Wildman–Crippen MR) is 98.4 cm³/mol. The maximum atomic E-state index is 12.7. The molecule has 9 nitrogen and oxygen atoms in total. The van der Waals surface area contributed by atoms with Crippen LogP contribution in [0.1, 0.15) is 19.8 Å². The molecule has 2 N–H and O–H groups in total. The van der Waals surface area contributed by atoms with E-state index in [1.807, 2.05) is 11.0 Å². The molecule has 0 spiro atoms. The monoisotopic (exact) mass is 370 g/mol. The van der Waals surface area contributed by atoms with Gasteiger partial charge in [-0.2, -0.15) is 0 Å². The van der Waals surface area contributed by atoms with E-state index < -0.39 is 12.1 Å². The molecule has 0 bridgehead atoms. The molecule has 2 amide bonds. The van der Waals surface area contributed by atoms with Gasteiger partial charge in [-0.05, 0) is 24.8 Å². The minimum atomic E-state index is -1.16. The Morgan fingerprint density at radius 2 is 2.00 bits per heavy atom. The number of pyridine rings is 1. The summed E-state index contributed by atoms with van der Waals surface area (Å²) < 4.78 is 0. The minimum Gasteiger partial charge on any atom is -0.465 e. The van der Waals surface area contributed by atoms with E-state index in [2.05, 4.69) is 32.1 Å². The molecule has 2 aromatic heterocycles. The predicted octanol–water partition coefficient (Wildman–Crippen LogP) is 1.11. The number of hydrogen-bond donors (Lipinski definition) is 2. The molecule has 3 atom stereocenters. The summed E-state index contributed by atoms with van der Waals surface area (Å²) in [7, 11) is 0. The van der Waals surface area contributed by atoms with Gasteiger partial charge >= 0.3 is 6.09 Å². The Labute approximate surface area is 156 Å². The second-order valence-corrected chi connectivity index (χ2v) is 7.28. The number of carboxylic acid groups (broad SMARTS) is 1. The van der Waals surface area contributed by atoms with E-state index in [0.717, 1.165) is 24.2 Å². The summed E-state index contributed by atoms with van der Waals surface area (Å²) in [6.07, 6.45) is 5.27. The molecule has 2 fully saturated rings. The first-order valence-corrected chi connectivity index (χ1v) is 9.13. The lowest BCUT2D eigenvalue weighted by Crippen LogP contribution is -2.53. The van der Waals surface area contributed by atoms with E-state index >= 15 is 0 Å². The number of likely N-dealkylation sites (tertiary alicyclic amines) is 1. The van der Waals surface area contributed by atoms with Crippen molar-refractivity contribution in [3.8, 4) is 0 Å². The van der Waals surface area contributed by atoms with E-state index in [4.69, 9.17) is 5.11 Å².